The van der Waals surface area contributed by atoms with Crippen molar-refractivity contribution in [1.29, 1.82) is 0 Å². The zero-order valence-electron chi connectivity index (χ0n) is 21.8. The molecular weight excluding hydrogens is 572 g/mol. The summed E-state index contributed by atoms with van der Waals surface area (Å²) in [6, 6.07) is 2.77. The highest BCUT2D eigenvalue weighted by Crippen LogP contribution is 2.51. The maximum Gasteiger partial charge on any atom is 0.430 e. The first-order chi connectivity index (χ1) is 18.3. The van der Waals surface area contributed by atoms with Gasteiger partial charge in [-0.2, -0.15) is 26.3 Å². The van der Waals surface area contributed by atoms with Crippen molar-refractivity contribution in [3.63, 3.8) is 0 Å². The molecule has 1 spiro atoms. The highest BCUT2D eigenvalue weighted by molar-refractivity contribution is 7.88. The summed E-state index contributed by atoms with van der Waals surface area (Å²) >= 11 is 0. The van der Waals surface area contributed by atoms with E-state index in [1.807, 2.05) is 4.90 Å². The molecule has 2 aromatic rings. The zero-order chi connectivity index (χ0) is 30.1. The summed E-state index contributed by atoms with van der Waals surface area (Å²) in [4.78, 5) is 1.85. The van der Waals surface area contributed by atoms with Gasteiger partial charge in [-0.25, -0.2) is 21.5 Å². The second kappa shape index (κ2) is 9.92. The van der Waals surface area contributed by atoms with E-state index < -0.39 is 45.2 Å². The maximum absolute atomic E-state index is 15.6. The fourth-order valence-electron chi connectivity index (χ4n) is 5.71. The molecular formula is C26H28F8N2O3S. The summed E-state index contributed by atoms with van der Waals surface area (Å²) in [6.45, 7) is 4.71. The lowest BCUT2D eigenvalue weighted by atomic mass is 9.74. The van der Waals surface area contributed by atoms with Crippen LogP contribution >= 0.6 is 0 Å². The third-order valence-corrected chi connectivity index (χ3v) is 8.94. The van der Waals surface area contributed by atoms with Gasteiger partial charge in [0.05, 0.1) is 6.26 Å². The Labute approximate surface area is 226 Å². The van der Waals surface area contributed by atoms with Gasteiger partial charge in [-0.1, -0.05) is 32.0 Å². The van der Waals surface area contributed by atoms with Gasteiger partial charge in [-0.3, -0.25) is 4.90 Å². The molecule has 2 fully saturated rings. The van der Waals surface area contributed by atoms with E-state index in [1.54, 1.807) is 6.92 Å². The number of hydrogen-bond acceptors (Lipinski definition) is 4. The number of sulfonamides is 1. The topological polar surface area (TPSA) is 60.9 Å². The fourth-order valence-corrected chi connectivity index (χ4v) is 6.73. The monoisotopic (exact) mass is 600 g/mol. The van der Waals surface area contributed by atoms with Crippen LogP contribution in [0.15, 0.2) is 24.3 Å². The molecule has 0 unspecified atom stereocenters. The average Bonchev–Trinajstić information content (AvgIpc) is 2.78. The summed E-state index contributed by atoms with van der Waals surface area (Å²) in [6.07, 6.45) is -11.2. The lowest BCUT2D eigenvalue weighted by Crippen LogP contribution is -2.72. The molecule has 2 aliphatic heterocycles. The Morgan fingerprint density at radius 1 is 0.900 bits per heavy atom. The van der Waals surface area contributed by atoms with Crippen LogP contribution in [-0.2, 0) is 35.0 Å². The highest BCUT2D eigenvalue weighted by Gasteiger charge is 2.71. The number of rotatable bonds is 7. The van der Waals surface area contributed by atoms with Crippen molar-refractivity contribution in [2.75, 3.05) is 32.4 Å². The first-order valence-corrected chi connectivity index (χ1v) is 14.3. The molecule has 0 atom stereocenters. The van der Waals surface area contributed by atoms with E-state index in [0.717, 1.165) is 18.4 Å². The molecule has 14 heteroatoms. The second-order valence-corrected chi connectivity index (χ2v) is 12.6. The van der Waals surface area contributed by atoms with E-state index in [4.69, 9.17) is 0 Å². The van der Waals surface area contributed by atoms with Crippen LogP contribution in [0, 0.1) is 17.0 Å². The zero-order valence-corrected chi connectivity index (χ0v) is 22.7. The van der Waals surface area contributed by atoms with Crippen molar-refractivity contribution >= 4 is 10.0 Å². The van der Waals surface area contributed by atoms with Gasteiger partial charge >= 0.3 is 12.4 Å². The van der Waals surface area contributed by atoms with Crippen molar-refractivity contribution in [1.82, 2.24) is 9.21 Å². The fraction of sp³-hybridized carbons (Fsp3) is 0.538. The van der Waals surface area contributed by atoms with Gasteiger partial charge < -0.3 is 5.11 Å². The number of halogens is 8. The maximum atomic E-state index is 15.6. The van der Waals surface area contributed by atoms with Gasteiger partial charge in [-0.05, 0) is 35.6 Å². The lowest BCUT2D eigenvalue weighted by Gasteiger charge is -2.59. The lowest BCUT2D eigenvalue weighted by molar-refractivity contribution is -0.376. The predicted molar refractivity (Wildman–Crippen MR) is 131 cm³/mol. The average molecular weight is 601 g/mol. The summed E-state index contributed by atoms with van der Waals surface area (Å²) < 4.78 is 136. The third kappa shape index (κ3) is 5.01. The minimum atomic E-state index is -6.08. The van der Waals surface area contributed by atoms with Crippen LogP contribution in [0.3, 0.4) is 0 Å². The Hall–Kier alpha value is -2.29. The van der Waals surface area contributed by atoms with Crippen molar-refractivity contribution in [3.05, 3.63) is 58.2 Å². The number of alkyl halides is 6. The molecule has 2 saturated heterocycles. The molecule has 0 radical (unpaired) electrons. The number of hydrogen-bond donors (Lipinski definition) is 1. The van der Waals surface area contributed by atoms with E-state index >= 15 is 8.78 Å². The SMILES string of the molecule is CCc1cc(C(O)(C(F)(F)F)C(F)(F)F)ccc1-c1c(F)cc(CN2CC3(C2)CN(S(C)(=O)=O)C3)c(F)c1CC. The predicted octanol–water partition coefficient (Wildman–Crippen LogP) is 5.15. The largest absolute Gasteiger partial charge is 0.430 e. The number of likely N-dealkylation sites (tertiary alicyclic amines) is 1. The molecule has 0 aromatic heterocycles. The quantitative estimate of drug-likeness (QED) is 0.447. The molecule has 2 aliphatic rings. The Kier molecular flexibility index (Phi) is 7.60. The Bertz CT molecular complexity index is 1390. The Morgan fingerprint density at radius 2 is 1.48 bits per heavy atom. The molecule has 0 amide bonds. The van der Waals surface area contributed by atoms with E-state index in [9.17, 15) is 39.9 Å². The summed E-state index contributed by atoms with van der Waals surface area (Å²) in [7, 11) is -3.29. The molecule has 0 saturated carbocycles. The highest BCUT2D eigenvalue weighted by atomic mass is 32.2. The molecule has 2 heterocycles. The Morgan fingerprint density at radius 3 is 1.95 bits per heavy atom. The van der Waals surface area contributed by atoms with Crippen molar-refractivity contribution in [2.45, 2.75) is 51.2 Å². The number of nitrogens with zero attached hydrogens (tertiary/aromatic N) is 2. The molecule has 1 N–H and O–H groups in total. The van der Waals surface area contributed by atoms with Crippen LogP contribution in [0.5, 0.6) is 0 Å². The van der Waals surface area contributed by atoms with Gasteiger partial charge in [0.2, 0.25) is 10.0 Å². The van der Waals surface area contributed by atoms with E-state index in [2.05, 4.69) is 0 Å². The van der Waals surface area contributed by atoms with Crippen LogP contribution in [0.2, 0.25) is 0 Å². The molecule has 40 heavy (non-hydrogen) atoms. The molecule has 5 nitrogen and oxygen atoms in total. The molecule has 4 rings (SSSR count). The third-order valence-electron chi connectivity index (χ3n) is 7.74. The molecule has 2 aromatic carbocycles. The van der Waals surface area contributed by atoms with Crippen LogP contribution in [-0.4, -0.2) is 67.5 Å². The normalized spacial score (nSPS) is 18.6. The summed E-state index contributed by atoms with van der Waals surface area (Å²) in [5.74, 6) is -1.63. The number of benzene rings is 2. The number of aryl methyl sites for hydroxylation is 1. The molecule has 222 valence electrons. The minimum Gasteiger partial charge on any atom is -0.369 e. The van der Waals surface area contributed by atoms with Crippen LogP contribution in [0.1, 0.15) is 36.1 Å². The van der Waals surface area contributed by atoms with E-state index in [-0.39, 0.29) is 52.6 Å². The summed E-state index contributed by atoms with van der Waals surface area (Å²) in [5, 5.41) is 9.78. The van der Waals surface area contributed by atoms with Crippen molar-refractivity contribution in [2.24, 2.45) is 5.41 Å². The van der Waals surface area contributed by atoms with Gasteiger partial charge in [0.25, 0.3) is 5.60 Å². The standard InChI is InChI=1S/C26H28F8N2O3S/c1-4-15-8-17(24(37,25(29,30)31)26(32,33)34)6-7-19(15)21-18(5-2)22(28)16(9-20(21)27)10-35-11-23(12-35)13-36(14-23)40(3,38)39/h6-9,37H,4-5,10-14H2,1-3H3. The Balaban J connectivity index is 1.65. The van der Waals surface area contributed by atoms with Gasteiger partial charge in [0, 0.05) is 54.8 Å². The van der Waals surface area contributed by atoms with Crippen molar-refractivity contribution in [3.8, 4) is 11.1 Å². The minimum absolute atomic E-state index is 0.0148. The van der Waals surface area contributed by atoms with Crippen LogP contribution in [0.4, 0.5) is 35.1 Å². The molecule has 0 aliphatic carbocycles. The van der Waals surface area contributed by atoms with Gasteiger partial charge in [0.15, 0.2) is 0 Å². The van der Waals surface area contributed by atoms with Gasteiger partial charge in [-0.15, -0.1) is 0 Å². The first-order valence-electron chi connectivity index (χ1n) is 12.4. The van der Waals surface area contributed by atoms with Gasteiger partial charge in [0.1, 0.15) is 11.6 Å². The van der Waals surface area contributed by atoms with Crippen LogP contribution in [0.25, 0.3) is 11.1 Å². The van der Waals surface area contributed by atoms with E-state index in [1.165, 1.54) is 11.2 Å². The van der Waals surface area contributed by atoms with Crippen molar-refractivity contribution < 1.29 is 48.6 Å². The second-order valence-electron chi connectivity index (χ2n) is 10.6. The number of aliphatic hydroxyl groups is 1. The molecule has 0 bridgehead atoms. The van der Waals surface area contributed by atoms with E-state index in [0.29, 0.717) is 38.3 Å². The first kappa shape index (κ1) is 30.7. The smallest absolute Gasteiger partial charge is 0.369 e. The summed E-state index contributed by atoms with van der Waals surface area (Å²) in [5.41, 5.74) is -7.36. The van der Waals surface area contributed by atoms with Crippen LogP contribution < -0.4 is 0 Å².